The zero-order valence-corrected chi connectivity index (χ0v) is 13.5. The van der Waals surface area contributed by atoms with Crippen molar-refractivity contribution in [3.05, 3.63) is 59.4 Å². The summed E-state index contributed by atoms with van der Waals surface area (Å²) >= 11 is 5.39. The molecule has 0 saturated carbocycles. The van der Waals surface area contributed by atoms with Gasteiger partial charge in [0.15, 0.2) is 5.11 Å². The molecule has 2 aromatic rings. The number of aryl methyl sites for hydroxylation is 2. The third-order valence-corrected chi connectivity index (χ3v) is 3.79. The lowest BCUT2D eigenvalue weighted by Crippen LogP contribution is -2.32. The Bertz CT molecular complexity index is 611. The van der Waals surface area contributed by atoms with Gasteiger partial charge < -0.3 is 10.6 Å². The highest BCUT2D eigenvalue weighted by Crippen LogP contribution is 2.20. The summed E-state index contributed by atoms with van der Waals surface area (Å²) < 4.78 is 0. The third kappa shape index (κ3) is 4.26. The van der Waals surface area contributed by atoms with Crippen LogP contribution in [0.5, 0.6) is 0 Å². The zero-order chi connectivity index (χ0) is 15.2. The van der Waals surface area contributed by atoms with E-state index >= 15 is 0 Å². The molecule has 0 radical (unpaired) electrons. The fourth-order valence-electron chi connectivity index (χ4n) is 2.16. The number of thiocarbonyl (C=S) groups is 1. The van der Waals surface area contributed by atoms with E-state index in [0.29, 0.717) is 5.11 Å². The predicted molar refractivity (Wildman–Crippen MR) is 92.5 cm³/mol. The number of pyridine rings is 1. The Morgan fingerprint density at radius 1 is 1.24 bits per heavy atom. The molecule has 1 aromatic heterocycles. The van der Waals surface area contributed by atoms with E-state index in [-0.39, 0.29) is 6.04 Å². The molecule has 1 aromatic carbocycles. The van der Waals surface area contributed by atoms with Gasteiger partial charge in [-0.25, -0.2) is 0 Å². The van der Waals surface area contributed by atoms with Crippen LogP contribution in [0.1, 0.15) is 36.1 Å². The van der Waals surface area contributed by atoms with Gasteiger partial charge in [-0.3, -0.25) is 4.98 Å². The molecular formula is C17H21N3S. The largest absolute Gasteiger partial charge is 0.356 e. The maximum atomic E-state index is 5.39. The number of anilines is 1. The Balaban J connectivity index is 2.04. The van der Waals surface area contributed by atoms with Gasteiger partial charge in [-0.2, -0.15) is 0 Å². The Labute approximate surface area is 131 Å². The van der Waals surface area contributed by atoms with Gasteiger partial charge in [0, 0.05) is 6.20 Å². The van der Waals surface area contributed by atoms with Crippen molar-refractivity contribution >= 4 is 23.0 Å². The van der Waals surface area contributed by atoms with Crippen molar-refractivity contribution in [1.82, 2.24) is 10.3 Å². The van der Waals surface area contributed by atoms with Gasteiger partial charge in [0.05, 0.1) is 17.9 Å². The summed E-state index contributed by atoms with van der Waals surface area (Å²) in [5, 5.41) is 7.15. The predicted octanol–water partition coefficient (Wildman–Crippen LogP) is 4.14. The minimum Gasteiger partial charge on any atom is -0.356 e. The lowest BCUT2D eigenvalue weighted by molar-refractivity contribution is 0.628. The van der Waals surface area contributed by atoms with Gasteiger partial charge in [0.1, 0.15) is 0 Å². The SMILES string of the molecule is CC[C@@H](NC(=S)Nc1cccnc1)c1ccc(C)c(C)c1. The van der Waals surface area contributed by atoms with Crippen LogP contribution < -0.4 is 10.6 Å². The Morgan fingerprint density at radius 3 is 2.67 bits per heavy atom. The van der Waals surface area contributed by atoms with Gasteiger partial charge in [-0.1, -0.05) is 25.1 Å². The highest BCUT2D eigenvalue weighted by Gasteiger charge is 2.11. The van der Waals surface area contributed by atoms with Crippen molar-refractivity contribution in [2.45, 2.75) is 33.2 Å². The van der Waals surface area contributed by atoms with Crippen molar-refractivity contribution in [3.63, 3.8) is 0 Å². The first kappa shape index (κ1) is 15.4. The second-order valence-electron chi connectivity index (χ2n) is 5.14. The summed E-state index contributed by atoms with van der Waals surface area (Å²) in [6, 6.07) is 10.6. The molecule has 4 heteroatoms. The van der Waals surface area contributed by atoms with Crippen LogP contribution in [0.4, 0.5) is 5.69 Å². The van der Waals surface area contributed by atoms with Crippen LogP contribution in [-0.2, 0) is 0 Å². The number of rotatable bonds is 4. The standard InChI is InChI=1S/C17H21N3S/c1-4-16(14-8-7-12(2)13(3)10-14)20-17(21)19-15-6-5-9-18-11-15/h5-11,16H,4H2,1-3H3,(H2,19,20,21)/t16-/m1/s1. The first-order chi connectivity index (χ1) is 10.1. The summed E-state index contributed by atoms with van der Waals surface area (Å²) in [6.07, 6.45) is 4.47. The lowest BCUT2D eigenvalue weighted by Gasteiger charge is -2.20. The molecule has 0 aliphatic carbocycles. The molecule has 0 fully saturated rings. The monoisotopic (exact) mass is 299 g/mol. The fourth-order valence-corrected chi connectivity index (χ4v) is 2.42. The van der Waals surface area contributed by atoms with E-state index in [9.17, 15) is 0 Å². The lowest BCUT2D eigenvalue weighted by atomic mass is 9.99. The minimum absolute atomic E-state index is 0.209. The zero-order valence-electron chi connectivity index (χ0n) is 12.7. The second kappa shape index (κ2) is 7.18. The Kier molecular flexibility index (Phi) is 5.28. The van der Waals surface area contributed by atoms with E-state index in [1.165, 1.54) is 16.7 Å². The highest BCUT2D eigenvalue weighted by atomic mass is 32.1. The van der Waals surface area contributed by atoms with E-state index in [1.807, 2.05) is 12.1 Å². The van der Waals surface area contributed by atoms with E-state index < -0.39 is 0 Å². The topological polar surface area (TPSA) is 37.0 Å². The summed E-state index contributed by atoms with van der Waals surface area (Å²) in [5.74, 6) is 0. The maximum Gasteiger partial charge on any atom is 0.171 e. The molecule has 110 valence electrons. The molecule has 0 bridgehead atoms. The fraction of sp³-hybridized carbons (Fsp3) is 0.294. The Morgan fingerprint density at radius 2 is 2.05 bits per heavy atom. The summed E-state index contributed by atoms with van der Waals surface area (Å²) in [4.78, 5) is 4.07. The number of benzene rings is 1. The van der Waals surface area contributed by atoms with Crippen LogP contribution in [-0.4, -0.2) is 10.1 Å². The van der Waals surface area contributed by atoms with Gasteiger partial charge in [-0.15, -0.1) is 0 Å². The molecule has 3 nitrogen and oxygen atoms in total. The average Bonchev–Trinajstić information content (AvgIpc) is 2.49. The van der Waals surface area contributed by atoms with Crippen LogP contribution >= 0.6 is 12.2 Å². The molecule has 2 rings (SSSR count). The number of hydrogen-bond donors (Lipinski definition) is 2. The quantitative estimate of drug-likeness (QED) is 0.832. The van der Waals surface area contributed by atoms with Crippen molar-refractivity contribution in [2.75, 3.05) is 5.32 Å². The van der Waals surface area contributed by atoms with Crippen LogP contribution in [0.2, 0.25) is 0 Å². The van der Waals surface area contributed by atoms with E-state index in [4.69, 9.17) is 12.2 Å². The first-order valence-electron chi connectivity index (χ1n) is 7.15. The molecular weight excluding hydrogens is 278 g/mol. The van der Waals surface area contributed by atoms with Crippen molar-refractivity contribution < 1.29 is 0 Å². The van der Waals surface area contributed by atoms with Gasteiger partial charge >= 0.3 is 0 Å². The average molecular weight is 299 g/mol. The number of nitrogens with one attached hydrogen (secondary N) is 2. The van der Waals surface area contributed by atoms with Crippen molar-refractivity contribution in [1.29, 1.82) is 0 Å². The molecule has 21 heavy (non-hydrogen) atoms. The molecule has 0 aliphatic heterocycles. The van der Waals surface area contributed by atoms with Crippen molar-refractivity contribution in [2.24, 2.45) is 0 Å². The molecule has 0 spiro atoms. The number of hydrogen-bond acceptors (Lipinski definition) is 2. The number of aromatic nitrogens is 1. The summed E-state index contributed by atoms with van der Waals surface area (Å²) in [5.41, 5.74) is 4.77. The van der Waals surface area contributed by atoms with E-state index in [0.717, 1.165) is 12.1 Å². The van der Waals surface area contributed by atoms with E-state index in [2.05, 4.69) is 54.6 Å². The molecule has 0 aliphatic rings. The van der Waals surface area contributed by atoms with Crippen molar-refractivity contribution in [3.8, 4) is 0 Å². The van der Waals surface area contributed by atoms with Crippen LogP contribution in [0, 0.1) is 13.8 Å². The second-order valence-corrected chi connectivity index (χ2v) is 5.55. The normalized spacial score (nSPS) is 11.8. The van der Waals surface area contributed by atoms with Gasteiger partial charge in [-0.05, 0) is 61.3 Å². The molecule has 1 atom stereocenters. The summed E-state index contributed by atoms with van der Waals surface area (Å²) in [6.45, 7) is 6.42. The van der Waals surface area contributed by atoms with Crippen LogP contribution in [0.3, 0.4) is 0 Å². The minimum atomic E-state index is 0.209. The molecule has 0 unspecified atom stereocenters. The van der Waals surface area contributed by atoms with Gasteiger partial charge in [0.25, 0.3) is 0 Å². The molecule has 0 saturated heterocycles. The summed E-state index contributed by atoms with van der Waals surface area (Å²) in [7, 11) is 0. The molecule has 2 N–H and O–H groups in total. The van der Waals surface area contributed by atoms with Crippen LogP contribution in [0.25, 0.3) is 0 Å². The Hall–Kier alpha value is -1.94. The maximum absolute atomic E-state index is 5.39. The first-order valence-corrected chi connectivity index (χ1v) is 7.55. The molecule has 0 amide bonds. The van der Waals surface area contributed by atoms with E-state index in [1.54, 1.807) is 12.4 Å². The number of nitrogens with zero attached hydrogens (tertiary/aromatic N) is 1. The third-order valence-electron chi connectivity index (χ3n) is 3.57. The van der Waals surface area contributed by atoms with Gasteiger partial charge in [0.2, 0.25) is 0 Å². The van der Waals surface area contributed by atoms with Crippen LogP contribution in [0.15, 0.2) is 42.7 Å². The molecule has 1 heterocycles. The smallest absolute Gasteiger partial charge is 0.171 e. The highest BCUT2D eigenvalue weighted by molar-refractivity contribution is 7.80.